The highest BCUT2D eigenvalue weighted by Gasteiger charge is 2.09. The topological polar surface area (TPSA) is 42.0 Å². The largest absolute Gasteiger partial charge is 0.320 e. The van der Waals surface area contributed by atoms with E-state index in [9.17, 15) is 4.79 Å². The third kappa shape index (κ3) is 2.77. The maximum absolute atomic E-state index is 12.4. The van der Waals surface area contributed by atoms with Crippen molar-refractivity contribution in [1.29, 1.82) is 0 Å². The molecule has 21 heavy (non-hydrogen) atoms. The molecule has 0 saturated heterocycles. The zero-order valence-electron chi connectivity index (χ0n) is 12.1. The van der Waals surface area contributed by atoms with E-state index in [0.29, 0.717) is 5.56 Å². The molecule has 0 aliphatic rings. The number of nitrogens with zero attached hydrogens (tertiary/aromatic N) is 1. The Bertz CT molecular complexity index is 824. The minimum absolute atomic E-state index is 0.116. The Morgan fingerprint density at radius 2 is 1.81 bits per heavy atom. The van der Waals surface area contributed by atoms with Gasteiger partial charge in [0.1, 0.15) is 0 Å². The number of rotatable bonds is 2. The van der Waals surface area contributed by atoms with E-state index in [1.54, 1.807) is 0 Å². The van der Waals surface area contributed by atoms with Crippen molar-refractivity contribution < 1.29 is 4.79 Å². The second-order valence-corrected chi connectivity index (χ2v) is 5.15. The molecule has 3 nitrogen and oxygen atoms in total. The molecule has 0 aliphatic carbocycles. The first kappa shape index (κ1) is 13.3. The van der Waals surface area contributed by atoms with Gasteiger partial charge in [0.15, 0.2) is 0 Å². The molecule has 0 bridgehead atoms. The third-order valence-electron chi connectivity index (χ3n) is 3.39. The van der Waals surface area contributed by atoms with Crippen LogP contribution in [0, 0.1) is 13.8 Å². The number of aromatic nitrogens is 1. The Labute approximate surface area is 123 Å². The van der Waals surface area contributed by atoms with Crippen LogP contribution in [-0.2, 0) is 0 Å². The summed E-state index contributed by atoms with van der Waals surface area (Å²) in [5, 5.41) is 3.97. The van der Waals surface area contributed by atoms with Gasteiger partial charge < -0.3 is 5.32 Å². The maximum atomic E-state index is 12.4. The monoisotopic (exact) mass is 276 g/mol. The smallest absolute Gasteiger partial charge is 0.255 e. The number of hydrogen-bond acceptors (Lipinski definition) is 2. The summed E-state index contributed by atoms with van der Waals surface area (Å²) in [6.07, 6.45) is 0. The fourth-order valence-corrected chi connectivity index (χ4v) is 2.33. The Morgan fingerprint density at radius 1 is 1.00 bits per heavy atom. The molecule has 0 atom stereocenters. The molecule has 1 heterocycles. The summed E-state index contributed by atoms with van der Waals surface area (Å²) < 4.78 is 0. The zero-order chi connectivity index (χ0) is 14.8. The van der Waals surface area contributed by atoms with Crippen molar-refractivity contribution in [3.8, 4) is 0 Å². The molecule has 3 aromatic rings. The van der Waals surface area contributed by atoms with Crippen LogP contribution in [0.4, 0.5) is 5.69 Å². The van der Waals surface area contributed by atoms with E-state index in [1.165, 1.54) is 0 Å². The lowest BCUT2D eigenvalue weighted by atomic mass is 10.1. The highest BCUT2D eigenvalue weighted by atomic mass is 16.1. The van der Waals surface area contributed by atoms with Gasteiger partial charge in [-0.1, -0.05) is 35.9 Å². The van der Waals surface area contributed by atoms with Gasteiger partial charge in [0, 0.05) is 16.6 Å². The number of pyridine rings is 1. The number of carbonyl (C=O) groups excluding carboxylic acids is 1. The van der Waals surface area contributed by atoms with Crippen LogP contribution in [0.5, 0.6) is 0 Å². The van der Waals surface area contributed by atoms with E-state index in [1.807, 2.05) is 68.4 Å². The van der Waals surface area contributed by atoms with Crippen LogP contribution in [0.25, 0.3) is 10.9 Å². The molecule has 2 aromatic carbocycles. The number of anilines is 1. The van der Waals surface area contributed by atoms with Crippen LogP contribution < -0.4 is 5.32 Å². The molecule has 1 aromatic heterocycles. The molecule has 104 valence electrons. The lowest BCUT2D eigenvalue weighted by Gasteiger charge is -2.09. The maximum Gasteiger partial charge on any atom is 0.255 e. The number of fused-ring (bicyclic) bond motifs is 1. The lowest BCUT2D eigenvalue weighted by Crippen LogP contribution is -2.12. The SMILES string of the molecule is Cc1cccc(C(=O)Nc2cccc3ccc(C)nc23)c1. The second-order valence-electron chi connectivity index (χ2n) is 5.15. The van der Waals surface area contributed by atoms with Gasteiger partial charge in [-0.05, 0) is 38.1 Å². The normalized spacial score (nSPS) is 10.6. The Balaban J connectivity index is 1.98. The van der Waals surface area contributed by atoms with Gasteiger partial charge in [0.2, 0.25) is 0 Å². The van der Waals surface area contributed by atoms with E-state index in [4.69, 9.17) is 0 Å². The van der Waals surface area contributed by atoms with E-state index in [-0.39, 0.29) is 5.91 Å². The molecule has 0 aliphatic heterocycles. The van der Waals surface area contributed by atoms with Crippen LogP contribution in [0.1, 0.15) is 21.6 Å². The van der Waals surface area contributed by atoms with Crippen LogP contribution in [0.3, 0.4) is 0 Å². The molecule has 0 saturated carbocycles. The minimum atomic E-state index is -0.116. The quantitative estimate of drug-likeness (QED) is 0.765. The van der Waals surface area contributed by atoms with Gasteiger partial charge in [-0.15, -0.1) is 0 Å². The molecule has 1 amide bonds. The van der Waals surface area contributed by atoms with Crippen molar-refractivity contribution in [2.75, 3.05) is 5.32 Å². The lowest BCUT2D eigenvalue weighted by molar-refractivity contribution is 0.102. The van der Waals surface area contributed by atoms with Crippen LogP contribution >= 0.6 is 0 Å². The number of para-hydroxylation sites is 1. The fraction of sp³-hybridized carbons (Fsp3) is 0.111. The molecule has 0 spiro atoms. The van der Waals surface area contributed by atoms with Gasteiger partial charge in [-0.3, -0.25) is 9.78 Å². The van der Waals surface area contributed by atoms with Crippen molar-refractivity contribution in [3.63, 3.8) is 0 Å². The van der Waals surface area contributed by atoms with Crippen molar-refractivity contribution in [2.24, 2.45) is 0 Å². The first-order valence-corrected chi connectivity index (χ1v) is 6.88. The van der Waals surface area contributed by atoms with Gasteiger partial charge in [0.25, 0.3) is 5.91 Å². The average Bonchev–Trinajstić information content (AvgIpc) is 2.48. The molecule has 0 unspecified atom stereocenters. The summed E-state index contributed by atoms with van der Waals surface area (Å²) >= 11 is 0. The van der Waals surface area contributed by atoms with Crippen molar-refractivity contribution in [2.45, 2.75) is 13.8 Å². The van der Waals surface area contributed by atoms with E-state index in [2.05, 4.69) is 10.3 Å². The third-order valence-corrected chi connectivity index (χ3v) is 3.39. The number of nitrogens with one attached hydrogen (secondary N) is 1. The van der Waals surface area contributed by atoms with Crippen LogP contribution in [0.15, 0.2) is 54.6 Å². The zero-order valence-corrected chi connectivity index (χ0v) is 12.1. The van der Waals surface area contributed by atoms with Gasteiger partial charge in [-0.25, -0.2) is 0 Å². The summed E-state index contributed by atoms with van der Waals surface area (Å²) in [7, 11) is 0. The highest BCUT2D eigenvalue weighted by Crippen LogP contribution is 2.22. The number of benzene rings is 2. The minimum Gasteiger partial charge on any atom is -0.320 e. The van der Waals surface area contributed by atoms with E-state index < -0.39 is 0 Å². The van der Waals surface area contributed by atoms with E-state index in [0.717, 1.165) is 27.8 Å². The molecular formula is C18H16N2O. The second kappa shape index (κ2) is 5.37. The number of aryl methyl sites for hydroxylation is 2. The predicted octanol–water partition coefficient (Wildman–Crippen LogP) is 4.10. The molecule has 1 N–H and O–H groups in total. The molecular weight excluding hydrogens is 260 g/mol. The van der Waals surface area contributed by atoms with Crippen LogP contribution in [0.2, 0.25) is 0 Å². The Hall–Kier alpha value is -2.68. The summed E-state index contributed by atoms with van der Waals surface area (Å²) in [4.78, 5) is 16.9. The molecule has 0 radical (unpaired) electrons. The van der Waals surface area contributed by atoms with E-state index >= 15 is 0 Å². The number of amides is 1. The highest BCUT2D eigenvalue weighted by molar-refractivity contribution is 6.08. The summed E-state index contributed by atoms with van der Waals surface area (Å²) in [5.74, 6) is -0.116. The Morgan fingerprint density at radius 3 is 2.62 bits per heavy atom. The molecule has 3 heteroatoms. The molecule has 3 rings (SSSR count). The van der Waals surface area contributed by atoms with Gasteiger partial charge >= 0.3 is 0 Å². The van der Waals surface area contributed by atoms with Crippen LogP contribution in [-0.4, -0.2) is 10.9 Å². The summed E-state index contributed by atoms with van der Waals surface area (Å²) in [6, 6.07) is 17.3. The van der Waals surface area contributed by atoms with Gasteiger partial charge in [-0.2, -0.15) is 0 Å². The predicted molar refractivity (Wildman–Crippen MR) is 85.6 cm³/mol. The summed E-state index contributed by atoms with van der Waals surface area (Å²) in [5.41, 5.74) is 4.20. The Kier molecular flexibility index (Phi) is 3.40. The van der Waals surface area contributed by atoms with Gasteiger partial charge in [0.05, 0.1) is 11.2 Å². The number of carbonyl (C=O) groups is 1. The first-order chi connectivity index (χ1) is 10.1. The molecule has 0 fully saturated rings. The average molecular weight is 276 g/mol. The van der Waals surface area contributed by atoms with Crippen molar-refractivity contribution in [3.05, 3.63) is 71.4 Å². The first-order valence-electron chi connectivity index (χ1n) is 6.88. The number of hydrogen-bond donors (Lipinski definition) is 1. The fourth-order valence-electron chi connectivity index (χ4n) is 2.33. The van der Waals surface area contributed by atoms with Crippen molar-refractivity contribution >= 4 is 22.5 Å². The van der Waals surface area contributed by atoms with Crippen molar-refractivity contribution in [1.82, 2.24) is 4.98 Å². The summed E-state index contributed by atoms with van der Waals surface area (Å²) in [6.45, 7) is 3.91. The standard InChI is InChI=1S/C18H16N2O/c1-12-5-3-7-15(11-12)18(21)20-16-8-4-6-14-10-9-13(2)19-17(14)16/h3-11H,1-2H3,(H,20,21).